The lowest BCUT2D eigenvalue weighted by Gasteiger charge is -2.22. The van der Waals surface area contributed by atoms with Crippen LogP contribution in [-0.4, -0.2) is 49.4 Å². The first-order valence-corrected chi connectivity index (χ1v) is 6.89. The van der Waals surface area contributed by atoms with E-state index < -0.39 is 0 Å². The zero-order valence-electron chi connectivity index (χ0n) is 12.4. The highest BCUT2D eigenvalue weighted by atomic mass is 16.5. The average Bonchev–Trinajstić information content (AvgIpc) is 2.42. The maximum absolute atomic E-state index is 9.98. The third-order valence-corrected chi connectivity index (χ3v) is 3.30. The van der Waals surface area contributed by atoms with Crippen LogP contribution in [0, 0.1) is 6.92 Å². The van der Waals surface area contributed by atoms with E-state index in [9.17, 15) is 5.11 Å². The van der Waals surface area contributed by atoms with Crippen molar-refractivity contribution >= 4 is 5.69 Å². The number of ether oxygens (including phenoxy) is 1. The van der Waals surface area contributed by atoms with Crippen LogP contribution in [0.25, 0.3) is 0 Å². The first-order chi connectivity index (χ1) is 9.10. The molecule has 0 saturated heterocycles. The molecule has 0 radical (unpaired) electrons. The molecule has 0 amide bonds. The van der Waals surface area contributed by atoms with Gasteiger partial charge in [0.05, 0.1) is 13.2 Å². The summed E-state index contributed by atoms with van der Waals surface area (Å²) < 4.78 is 5.22. The topological polar surface area (TPSA) is 44.7 Å². The summed E-state index contributed by atoms with van der Waals surface area (Å²) in [6, 6.07) is 5.94. The van der Waals surface area contributed by atoms with Crippen LogP contribution in [0.15, 0.2) is 18.2 Å². The van der Waals surface area contributed by atoms with Crippen LogP contribution < -0.4 is 10.1 Å². The third kappa shape index (κ3) is 5.09. The predicted molar refractivity (Wildman–Crippen MR) is 80.0 cm³/mol. The molecule has 108 valence electrons. The summed E-state index contributed by atoms with van der Waals surface area (Å²) in [5.41, 5.74) is 2.10. The van der Waals surface area contributed by atoms with Crippen LogP contribution in [-0.2, 0) is 0 Å². The Morgan fingerprint density at radius 1 is 1.32 bits per heavy atom. The molecule has 0 saturated carbocycles. The number of likely N-dealkylation sites (N-methyl/N-ethyl adjacent to an activating group) is 1. The Labute approximate surface area is 116 Å². The minimum atomic E-state index is -0.359. The molecule has 0 spiro atoms. The fraction of sp³-hybridized carbons (Fsp3) is 0.600. The monoisotopic (exact) mass is 266 g/mol. The van der Waals surface area contributed by atoms with Gasteiger partial charge in [-0.05, 0) is 43.8 Å². The van der Waals surface area contributed by atoms with Crippen molar-refractivity contribution in [1.29, 1.82) is 0 Å². The van der Waals surface area contributed by atoms with Crippen LogP contribution in [0.5, 0.6) is 5.75 Å². The highest BCUT2D eigenvalue weighted by molar-refractivity contribution is 5.50. The highest BCUT2D eigenvalue weighted by Crippen LogP contribution is 2.21. The number of hydrogen-bond acceptors (Lipinski definition) is 4. The second-order valence-electron chi connectivity index (χ2n) is 4.70. The summed E-state index contributed by atoms with van der Waals surface area (Å²) >= 11 is 0. The van der Waals surface area contributed by atoms with Gasteiger partial charge in [0.2, 0.25) is 0 Å². The molecule has 0 heterocycles. The number of benzene rings is 1. The minimum absolute atomic E-state index is 0.359. The number of aliphatic hydroxyl groups is 1. The number of aliphatic hydroxyl groups excluding tert-OH is 1. The molecule has 1 unspecified atom stereocenters. The molecule has 0 aromatic heterocycles. The Bertz CT molecular complexity index is 378. The molecule has 4 heteroatoms. The van der Waals surface area contributed by atoms with Gasteiger partial charge in [-0.2, -0.15) is 0 Å². The summed E-state index contributed by atoms with van der Waals surface area (Å²) in [5, 5.41) is 13.2. The van der Waals surface area contributed by atoms with E-state index in [4.69, 9.17) is 4.74 Å². The Hall–Kier alpha value is -1.26. The Morgan fingerprint density at radius 3 is 2.53 bits per heavy atom. The van der Waals surface area contributed by atoms with Crippen molar-refractivity contribution in [3.8, 4) is 5.75 Å². The second kappa shape index (κ2) is 8.02. The predicted octanol–water partition coefficient (Wildman–Crippen LogP) is 2.12. The lowest BCUT2D eigenvalue weighted by Crippen LogP contribution is -2.35. The molecular formula is C15H26N2O2. The fourth-order valence-electron chi connectivity index (χ4n) is 2.07. The van der Waals surface area contributed by atoms with Gasteiger partial charge in [-0.3, -0.25) is 0 Å². The summed E-state index contributed by atoms with van der Waals surface area (Å²) in [7, 11) is 1.67. The molecule has 0 aliphatic rings. The van der Waals surface area contributed by atoms with E-state index >= 15 is 0 Å². The first-order valence-electron chi connectivity index (χ1n) is 6.89. The summed E-state index contributed by atoms with van der Waals surface area (Å²) in [6.07, 6.45) is -0.359. The van der Waals surface area contributed by atoms with Crippen LogP contribution in [0.1, 0.15) is 19.4 Å². The van der Waals surface area contributed by atoms with Gasteiger partial charge >= 0.3 is 0 Å². The van der Waals surface area contributed by atoms with E-state index in [2.05, 4.69) is 24.1 Å². The molecule has 1 atom stereocenters. The van der Waals surface area contributed by atoms with E-state index in [1.54, 1.807) is 7.11 Å². The van der Waals surface area contributed by atoms with Crippen molar-refractivity contribution in [3.05, 3.63) is 23.8 Å². The van der Waals surface area contributed by atoms with Crippen molar-refractivity contribution in [2.45, 2.75) is 26.9 Å². The molecule has 0 bridgehead atoms. The van der Waals surface area contributed by atoms with Crippen LogP contribution in [0.4, 0.5) is 5.69 Å². The number of hydrogen-bond donors (Lipinski definition) is 2. The van der Waals surface area contributed by atoms with Crippen LogP contribution >= 0.6 is 0 Å². The summed E-state index contributed by atoms with van der Waals surface area (Å²) in [5.74, 6) is 0.884. The summed E-state index contributed by atoms with van der Waals surface area (Å²) in [4.78, 5) is 2.21. The average molecular weight is 266 g/mol. The van der Waals surface area contributed by atoms with E-state index in [0.717, 1.165) is 30.1 Å². The van der Waals surface area contributed by atoms with Gasteiger partial charge in [0, 0.05) is 18.8 Å². The first kappa shape index (κ1) is 15.8. The van der Waals surface area contributed by atoms with Crippen LogP contribution in [0.2, 0.25) is 0 Å². The van der Waals surface area contributed by atoms with Crippen LogP contribution in [0.3, 0.4) is 0 Å². The Kier molecular flexibility index (Phi) is 6.67. The van der Waals surface area contributed by atoms with E-state index in [1.807, 2.05) is 25.1 Å². The number of methoxy groups -OCH3 is 1. The number of rotatable bonds is 8. The van der Waals surface area contributed by atoms with E-state index in [-0.39, 0.29) is 6.10 Å². The van der Waals surface area contributed by atoms with Gasteiger partial charge in [-0.15, -0.1) is 0 Å². The SMILES string of the molecule is CCN(CC)CC(O)CNc1ccc(OC)c(C)c1. The highest BCUT2D eigenvalue weighted by Gasteiger charge is 2.09. The van der Waals surface area contributed by atoms with Gasteiger partial charge in [0.1, 0.15) is 5.75 Å². The molecule has 1 rings (SSSR count). The van der Waals surface area contributed by atoms with Gasteiger partial charge in [-0.25, -0.2) is 0 Å². The standard InChI is InChI=1S/C15H26N2O2/c1-5-17(6-2)11-14(18)10-16-13-7-8-15(19-4)12(3)9-13/h7-9,14,16,18H,5-6,10-11H2,1-4H3. The third-order valence-electron chi connectivity index (χ3n) is 3.30. The molecule has 1 aromatic rings. The zero-order valence-corrected chi connectivity index (χ0v) is 12.4. The molecule has 0 fully saturated rings. The van der Waals surface area contributed by atoms with E-state index in [1.165, 1.54) is 0 Å². The number of anilines is 1. The minimum Gasteiger partial charge on any atom is -0.496 e. The van der Waals surface area contributed by atoms with Crippen molar-refractivity contribution < 1.29 is 9.84 Å². The van der Waals surface area contributed by atoms with Crippen molar-refractivity contribution in [2.24, 2.45) is 0 Å². The molecule has 1 aromatic carbocycles. The molecule has 0 aliphatic carbocycles. The van der Waals surface area contributed by atoms with Gasteiger partial charge in [-0.1, -0.05) is 13.8 Å². The number of aryl methyl sites for hydroxylation is 1. The number of nitrogens with zero attached hydrogens (tertiary/aromatic N) is 1. The van der Waals surface area contributed by atoms with Gasteiger partial charge in [0.15, 0.2) is 0 Å². The van der Waals surface area contributed by atoms with E-state index in [0.29, 0.717) is 13.1 Å². The molecule has 19 heavy (non-hydrogen) atoms. The molecule has 2 N–H and O–H groups in total. The quantitative estimate of drug-likeness (QED) is 0.756. The van der Waals surface area contributed by atoms with Crippen molar-refractivity contribution in [3.63, 3.8) is 0 Å². The van der Waals surface area contributed by atoms with Gasteiger partial charge < -0.3 is 20.1 Å². The molecule has 0 aliphatic heterocycles. The maximum atomic E-state index is 9.98. The second-order valence-corrected chi connectivity index (χ2v) is 4.70. The normalized spacial score (nSPS) is 12.5. The van der Waals surface area contributed by atoms with Crippen molar-refractivity contribution in [1.82, 2.24) is 4.90 Å². The largest absolute Gasteiger partial charge is 0.496 e. The molecule has 4 nitrogen and oxygen atoms in total. The fourth-order valence-corrected chi connectivity index (χ4v) is 2.07. The number of nitrogens with one attached hydrogen (secondary N) is 1. The zero-order chi connectivity index (χ0) is 14.3. The Balaban J connectivity index is 2.45. The Morgan fingerprint density at radius 2 is 2.00 bits per heavy atom. The molecular weight excluding hydrogens is 240 g/mol. The lowest BCUT2D eigenvalue weighted by atomic mass is 10.2. The lowest BCUT2D eigenvalue weighted by molar-refractivity contribution is 0.128. The maximum Gasteiger partial charge on any atom is 0.121 e. The smallest absolute Gasteiger partial charge is 0.121 e. The summed E-state index contributed by atoms with van der Waals surface area (Å²) in [6.45, 7) is 9.42. The van der Waals surface area contributed by atoms with Crippen molar-refractivity contribution in [2.75, 3.05) is 38.6 Å². The van der Waals surface area contributed by atoms with Gasteiger partial charge in [0.25, 0.3) is 0 Å².